The van der Waals surface area contributed by atoms with Gasteiger partial charge >= 0.3 is 11.9 Å². The number of aliphatic hydroxyl groups excluding tert-OH is 5. The maximum absolute atomic E-state index is 13.1. The molecule has 222 valence electrons. The van der Waals surface area contributed by atoms with Gasteiger partial charge in [-0.05, 0) is 29.8 Å². The molecule has 1 saturated heterocycles. The molecule has 0 radical (unpaired) electrons. The van der Waals surface area contributed by atoms with E-state index < -0.39 is 79.1 Å². The summed E-state index contributed by atoms with van der Waals surface area (Å²) in [6.45, 7) is -0.691. The molecule has 0 saturated carbocycles. The number of esters is 2. The Morgan fingerprint density at radius 1 is 1.12 bits per heavy atom. The predicted octanol–water partition coefficient (Wildman–Crippen LogP) is -1.31. The van der Waals surface area contributed by atoms with Gasteiger partial charge in [0.05, 0.1) is 44.2 Å². The third-order valence-corrected chi connectivity index (χ3v) is 7.69. The van der Waals surface area contributed by atoms with Gasteiger partial charge in [-0.25, -0.2) is 9.59 Å². The highest BCUT2D eigenvalue weighted by Crippen LogP contribution is 2.51. The van der Waals surface area contributed by atoms with Crippen LogP contribution in [0, 0.1) is 11.8 Å². The van der Waals surface area contributed by atoms with Gasteiger partial charge in [-0.1, -0.05) is 12.1 Å². The van der Waals surface area contributed by atoms with Crippen LogP contribution in [0.25, 0.3) is 0 Å². The second kappa shape index (κ2) is 11.1. The summed E-state index contributed by atoms with van der Waals surface area (Å²) in [5.74, 6) is -3.50. The minimum atomic E-state index is -1.75. The van der Waals surface area contributed by atoms with Crippen molar-refractivity contribution in [3.63, 3.8) is 0 Å². The number of allylic oxidation sites excluding steroid dienone is 1. The van der Waals surface area contributed by atoms with Crippen molar-refractivity contribution >= 4 is 11.9 Å². The molecule has 0 bridgehead atoms. The fraction of sp³-hybridized carbons (Fsp3) is 0.481. The molecule has 1 spiro atoms. The molecule has 3 aliphatic heterocycles. The van der Waals surface area contributed by atoms with E-state index in [1.807, 2.05) is 0 Å². The van der Waals surface area contributed by atoms with Crippen LogP contribution in [-0.4, -0.2) is 106 Å². The normalized spacial score (nSPS) is 36.6. The standard InChI is InChI=1S/C27H30O14/c1-36-16-7-11(3-4-15(16)29)19(30)13-8-27(41-24(13)35)6-5-12-14(23(34)37-2)10-38-25(18(12)27)40-26-22(33)21(32)20(31)17(9-28)39-26/h3-8,10,12,17-22,25-26,28-33H,9H2,1-2H3/t12-,17-,18-,19?,20-,21+,22-,25+,26?,27-/m1/s1. The summed E-state index contributed by atoms with van der Waals surface area (Å²) in [7, 11) is 2.51. The third kappa shape index (κ3) is 4.86. The lowest BCUT2D eigenvalue weighted by Crippen LogP contribution is -2.60. The topological polar surface area (TPSA) is 211 Å². The van der Waals surface area contributed by atoms with E-state index in [2.05, 4.69) is 0 Å². The second-order valence-corrected chi connectivity index (χ2v) is 9.99. The molecule has 0 aromatic heterocycles. The molecule has 5 rings (SSSR count). The lowest BCUT2D eigenvalue weighted by Gasteiger charge is -2.44. The second-order valence-electron chi connectivity index (χ2n) is 9.99. The van der Waals surface area contributed by atoms with E-state index in [-0.39, 0.29) is 28.2 Å². The molecule has 1 aromatic rings. The molecular formula is C27H30O14. The lowest BCUT2D eigenvalue weighted by atomic mass is 9.78. The Labute approximate surface area is 233 Å². The molecule has 2 unspecified atom stereocenters. The first-order valence-electron chi connectivity index (χ1n) is 12.7. The molecule has 0 amide bonds. The Kier molecular flexibility index (Phi) is 7.82. The zero-order valence-electron chi connectivity index (χ0n) is 21.9. The van der Waals surface area contributed by atoms with Gasteiger partial charge in [0, 0.05) is 5.92 Å². The number of aliphatic hydroxyl groups is 5. The largest absolute Gasteiger partial charge is 0.504 e. The molecule has 14 nitrogen and oxygen atoms in total. The summed E-state index contributed by atoms with van der Waals surface area (Å²) in [4.78, 5) is 25.7. The summed E-state index contributed by atoms with van der Waals surface area (Å²) < 4.78 is 32.8. The van der Waals surface area contributed by atoms with E-state index in [0.717, 1.165) is 6.26 Å². The molecule has 1 aliphatic carbocycles. The van der Waals surface area contributed by atoms with Gasteiger partial charge in [-0.3, -0.25) is 0 Å². The van der Waals surface area contributed by atoms with E-state index in [1.54, 1.807) is 6.08 Å². The minimum Gasteiger partial charge on any atom is -0.504 e. The van der Waals surface area contributed by atoms with Crippen molar-refractivity contribution in [3.05, 3.63) is 59.4 Å². The molecule has 3 heterocycles. The van der Waals surface area contributed by atoms with Gasteiger partial charge in [0.15, 0.2) is 23.4 Å². The number of carbonyl (C=O) groups excluding carboxylic acids is 2. The molecule has 4 aliphatic rings. The first-order chi connectivity index (χ1) is 19.5. The number of aromatic hydroxyl groups is 1. The van der Waals surface area contributed by atoms with E-state index in [9.17, 15) is 40.2 Å². The summed E-state index contributed by atoms with van der Waals surface area (Å²) in [6.07, 6.45) is -5.27. The Morgan fingerprint density at radius 3 is 2.56 bits per heavy atom. The third-order valence-electron chi connectivity index (χ3n) is 7.69. The number of phenolic OH excluding ortho intramolecular Hbond substituents is 1. The van der Waals surface area contributed by atoms with Crippen LogP contribution in [0.3, 0.4) is 0 Å². The van der Waals surface area contributed by atoms with Crippen LogP contribution in [0.15, 0.2) is 53.8 Å². The first-order valence-corrected chi connectivity index (χ1v) is 12.7. The van der Waals surface area contributed by atoms with Crippen LogP contribution in [0.5, 0.6) is 11.5 Å². The van der Waals surface area contributed by atoms with Gasteiger partial charge in [-0.2, -0.15) is 0 Å². The molecular weight excluding hydrogens is 548 g/mol. The highest BCUT2D eigenvalue weighted by molar-refractivity contribution is 5.94. The fourth-order valence-electron chi connectivity index (χ4n) is 5.51. The fourth-order valence-corrected chi connectivity index (χ4v) is 5.51. The molecule has 6 N–H and O–H groups in total. The van der Waals surface area contributed by atoms with Crippen molar-refractivity contribution in [3.8, 4) is 11.5 Å². The smallest absolute Gasteiger partial charge is 0.338 e. The summed E-state index contributed by atoms with van der Waals surface area (Å²) in [5.41, 5.74) is -1.46. The average molecular weight is 579 g/mol. The van der Waals surface area contributed by atoms with Gasteiger partial charge in [0.2, 0.25) is 6.29 Å². The molecule has 41 heavy (non-hydrogen) atoms. The summed E-state index contributed by atoms with van der Waals surface area (Å²) >= 11 is 0. The van der Waals surface area contributed by atoms with Crippen LogP contribution in [0.4, 0.5) is 0 Å². The van der Waals surface area contributed by atoms with Gasteiger partial charge in [-0.15, -0.1) is 0 Å². The number of hydrogen-bond donors (Lipinski definition) is 6. The zero-order valence-corrected chi connectivity index (χ0v) is 21.9. The highest BCUT2D eigenvalue weighted by atomic mass is 16.8. The maximum Gasteiger partial charge on any atom is 0.338 e. The number of hydrogen-bond acceptors (Lipinski definition) is 14. The van der Waals surface area contributed by atoms with Crippen molar-refractivity contribution in [2.24, 2.45) is 11.8 Å². The van der Waals surface area contributed by atoms with E-state index in [4.69, 9.17) is 28.4 Å². The number of phenols is 1. The Morgan fingerprint density at radius 2 is 1.88 bits per heavy atom. The number of carbonyl (C=O) groups is 2. The molecule has 1 fully saturated rings. The Bertz CT molecular complexity index is 1290. The number of methoxy groups -OCH3 is 2. The Balaban J connectivity index is 1.49. The van der Waals surface area contributed by atoms with E-state index in [1.165, 1.54) is 44.6 Å². The minimum absolute atomic E-state index is 0.0704. The summed E-state index contributed by atoms with van der Waals surface area (Å²) in [6, 6.07) is 4.06. The van der Waals surface area contributed by atoms with E-state index >= 15 is 0 Å². The molecule has 14 heteroatoms. The molecule has 10 atom stereocenters. The Hall–Kier alpha value is -3.50. The lowest BCUT2D eigenvalue weighted by molar-refractivity contribution is -0.344. The quantitative estimate of drug-likeness (QED) is 0.164. The van der Waals surface area contributed by atoms with Gasteiger partial charge < -0.3 is 59.1 Å². The predicted molar refractivity (Wildman–Crippen MR) is 132 cm³/mol. The van der Waals surface area contributed by atoms with Crippen molar-refractivity contribution in [2.75, 3.05) is 20.8 Å². The number of ether oxygens (including phenoxy) is 6. The first kappa shape index (κ1) is 29.0. The van der Waals surface area contributed by atoms with Crippen molar-refractivity contribution in [1.29, 1.82) is 0 Å². The zero-order chi connectivity index (χ0) is 29.6. The van der Waals surface area contributed by atoms with Crippen LogP contribution >= 0.6 is 0 Å². The SMILES string of the molecule is COC(=O)C1=CO[C@@H](OC2O[C@H](CO)[C@@H](O)[C@H](O)[C@H]2O)[C@H]2[C@@H]1C=C[C@@]21C=C(C(O)c2ccc(O)c(OC)c2)C(=O)O1. The monoisotopic (exact) mass is 578 g/mol. The van der Waals surface area contributed by atoms with Crippen LogP contribution in [0.1, 0.15) is 11.7 Å². The average Bonchev–Trinajstić information content (AvgIpc) is 3.52. The van der Waals surface area contributed by atoms with Gasteiger partial charge in [0.25, 0.3) is 0 Å². The van der Waals surface area contributed by atoms with Crippen LogP contribution < -0.4 is 4.74 Å². The van der Waals surface area contributed by atoms with Crippen molar-refractivity contribution in [2.45, 2.75) is 48.7 Å². The number of benzene rings is 1. The molecule has 1 aromatic carbocycles. The van der Waals surface area contributed by atoms with E-state index in [0.29, 0.717) is 0 Å². The number of fused-ring (bicyclic) bond motifs is 2. The highest BCUT2D eigenvalue weighted by Gasteiger charge is 2.60. The summed E-state index contributed by atoms with van der Waals surface area (Å²) in [5, 5.41) is 61.3. The van der Waals surface area contributed by atoms with Gasteiger partial charge in [0.1, 0.15) is 30.5 Å². The number of rotatable bonds is 7. The van der Waals surface area contributed by atoms with Crippen molar-refractivity contribution in [1.82, 2.24) is 0 Å². The maximum atomic E-state index is 13.1. The van der Waals surface area contributed by atoms with Crippen LogP contribution in [0.2, 0.25) is 0 Å². The van der Waals surface area contributed by atoms with Crippen molar-refractivity contribution < 1.29 is 68.6 Å². The van der Waals surface area contributed by atoms with Crippen LogP contribution in [-0.2, 0) is 33.3 Å².